The smallest absolute Gasteiger partial charge is 0.0831 e. The van der Waals surface area contributed by atoms with Crippen LogP contribution >= 0.6 is 0 Å². The zero-order valence-electron chi connectivity index (χ0n) is 13.7. The lowest BCUT2D eigenvalue weighted by Gasteiger charge is -2.40. The molecule has 1 aliphatic carbocycles. The number of likely N-dealkylation sites (N-methyl/N-ethyl adjacent to an activating group) is 1. The fraction of sp³-hybridized carbons (Fsp3) is 0.684. The highest BCUT2D eigenvalue weighted by atomic mass is 16.5. The summed E-state index contributed by atoms with van der Waals surface area (Å²) in [6, 6.07) is 11.3. The number of nitrogens with one attached hydrogen (secondary N) is 1. The highest BCUT2D eigenvalue weighted by Crippen LogP contribution is 2.34. The van der Waals surface area contributed by atoms with E-state index < -0.39 is 0 Å². The lowest BCUT2D eigenvalue weighted by Crippen LogP contribution is -2.52. The maximum Gasteiger partial charge on any atom is 0.0831 e. The van der Waals surface area contributed by atoms with Gasteiger partial charge in [-0.15, -0.1) is 0 Å². The van der Waals surface area contributed by atoms with E-state index >= 15 is 0 Å². The standard InChI is InChI=1S/C19H31NO/c1-3-20-18(14-13-17-11-7-6-8-12-17)19(21-2)15-9-4-5-10-16-19/h6-8,11-12,18,20H,3-5,9-10,13-16H2,1-2H3. The molecule has 0 heterocycles. The van der Waals surface area contributed by atoms with E-state index in [0.717, 1.165) is 19.4 Å². The molecule has 0 radical (unpaired) electrons. The van der Waals surface area contributed by atoms with Crippen LogP contribution in [0.15, 0.2) is 30.3 Å². The first-order chi connectivity index (χ1) is 10.3. The number of rotatable bonds is 7. The molecule has 1 aliphatic rings. The summed E-state index contributed by atoms with van der Waals surface area (Å²) in [5, 5.41) is 3.72. The van der Waals surface area contributed by atoms with Gasteiger partial charge in [0.15, 0.2) is 0 Å². The van der Waals surface area contributed by atoms with Crippen LogP contribution in [-0.2, 0) is 11.2 Å². The second-order valence-corrected chi connectivity index (χ2v) is 6.32. The van der Waals surface area contributed by atoms with Crippen molar-refractivity contribution in [2.45, 2.75) is 69.9 Å². The van der Waals surface area contributed by atoms with Crippen molar-refractivity contribution in [3.63, 3.8) is 0 Å². The number of methoxy groups -OCH3 is 1. The summed E-state index contributed by atoms with van der Waals surface area (Å²) in [5.74, 6) is 0. The van der Waals surface area contributed by atoms with Gasteiger partial charge in [0.2, 0.25) is 0 Å². The van der Waals surface area contributed by atoms with E-state index in [4.69, 9.17) is 4.74 Å². The van der Waals surface area contributed by atoms with Crippen LogP contribution in [0, 0.1) is 0 Å². The summed E-state index contributed by atoms with van der Waals surface area (Å²) in [7, 11) is 1.91. The van der Waals surface area contributed by atoms with Gasteiger partial charge in [-0.3, -0.25) is 0 Å². The minimum Gasteiger partial charge on any atom is -0.377 e. The third kappa shape index (κ3) is 4.55. The number of benzene rings is 1. The van der Waals surface area contributed by atoms with Gasteiger partial charge in [0.05, 0.1) is 5.60 Å². The first kappa shape index (κ1) is 16.5. The summed E-state index contributed by atoms with van der Waals surface area (Å²) >= 11 is 0. The second kappa shape index (κ2) is 8.55. The third-order valence-electron chi connectivity index (χ3n) is 5.01. The Bertz CT molecular complexity index is 382. The van der Waals surface area contributed by atoms with Crippen LogP contribution in [0.1, 0.15) is 57.4 Å². The van der Waals surface area contributed by atoms with Crippen molar-refractivity contribution < 1.29 is 4.74 Å². The summed E-state index contributed by atoms with van der Waals surface area (Å²) in [6.45, 7) is 3.22. The molecule has 0 aromatic heterocycles. The van der Waals surface area contributed by atoms with Crippen LogP contribution in [0.3, 0.4) is 0 Å². The van der Waals surface area contributed by atoms with Crippen LogP contribution < -0.4 is 5.32 Å². The predicted molar refractivity (Wildman–Crippen MR) is 89.7 cm³/mol. The molecule has 1 aromatic carbocycles. The molecule has 0 spiro atoms. The van der Waals surface area contributed by atoms with Gasteiger partial charge in [0, 0.05) is 13.2 Å². The Labute approximate surface area is 130 Å². The van der Waals surface area contributed by atoms with Crippen molar-refractivity contribution in [3.8, 4) is 0 Å². The molecule has 0 aliphatic heterocycles. The highest BCUT2D eigenvalue weighted by molar-refractivity contribution is 5.15. The van der Waals surface area contributed by atoms with Gasteiger partial charge in [0.1, 0.15) is 0 Å². The zero-order chi connectivity index (χ0) is 15.0. The molecule has 0 bridgehead atoms. The first-order valence-electron chi connectivity index (χ1n) is 8.63. The van der Waals surface area contributed by atoms with Crippen LogP contribution in [0.2, 0.25) is 0 Å². The molecular weight excluding hydrogens is 258 g/mol. The molecule has 1 N–H and O–H groups in total. The fourth-order valence-corrected chi connectivity index (χ4v) is 3.78. The van der Waals surface area contributed by atoms with E-state index in [9.17, 15) is 0 Å². The van der Waals surface area contributed by atoms with Crippen molar-refractivity contribution in [3.05, 3.63) is 35.9 Å². The molecule has 1 unspecified atom stereocenters. The van der Waals surface area contributed by atoms with E-state index in [-0.39, 0.29) is 5.60 Å². The van der Waals surface area contributed by atoms with Gasteiger partial charge in [0.25, 0.3) is 0 Å². The SMILES string of the molecule is CCNC(CCc1ccccc1)C1(OC)CCCCCC1. The number of ether oxygens (including phenoxy) is 1. The molecule has 1 saturated carbocycles. The topological polar surface area (TPSA) is 21.3 Å². The summed E-state index contributed by atoms with van der Waals surface area (Å²) in [5.41, 5.74) is 1.47. The molecule has 2 rings (SSSR count). The Balaban J connectivity index is 2.04. The molecule has 0 amide bonds. The Hall–Kier alpha value is -0.860. The molecule has 2 heteroatoms. The van der Waals surface area contributed by atoms with Gasteiger partial charge in [-0.05, 0) is 37.8 Å². The molecule has 118 valence electrons. The summed E-state index contributed by atoms with van der Waals surface area (Å²) in [6.07, 6.45) is 10.0. The fourth-order valence-electron chi connectivity index (χ4n) is 3.78. The molecule has 21 heavy (non-hydrogen) atoms. The first-order valence-corrected chi connectivity index (χ1v) is 8.63. The quantitative estimate of drug-likeness (QED) is 0.754. The molecule has 1 fully saturated rings. The normalized spacial score (nSPS) is 19.9. The van der Waals surface area contributed by atoms with Crippen molar-refractivity contribution in [1.29, 1.82) is 0 Å². The number of hydrogen-bond donors (Lipinski definition) is 1. The van der Waals surface area contributed by atoms with Gasteiger partial charge in [-0.2, -0.15) is 0 Å². The van der Waals surface area contributed by atoms with Crippen molar-refractivity contribution in [2.24, 2.45) is 0 Å². The summed E-state index contributed by atoms with van der Waals surface area (Å²) < 4.78 is 6.10. The van der Waals surface area contributed by atoms with E-state index in [1.807, 2.05) is 7.11 Å². The minimum atomic E-state index is 0.0429. The Kier molecular flexibility index (Phi) is 6.72. The Morgan fingerprint density at radius 3 is 2.33 bits per heavy atom. The van der Waals surface area contributed by atoms with Crippen LogP contribution in [0.25, 0.3) is 0 Å². The monoisotopic (exact) mass is 289 g/mol. The second-order valence-electron chi connectivity index (χ2n) is 6.32. The zero-order valence-corrected chi connectivity index (χ0v) is 13.7. The molecular formula is C19H31NO. The molecule has 0 saturated heterocycles. The maximum atomic E-state index is 6.10. The van der Waals surface area contributed by atoms with Gasteiger partial charge in [-0.25, -0.2) is 0 Å². The van der Waals surface area contributed by atoms with Gasteiger partial charge in [-0.1, -0.05) is 62.9 Å². The average molecular weight is 289 g/mol. The Morgan fingerprint density at radius 1 is 1.10 bits per heavy atom. The molecule has 1 aromatic rings. The summed E-state index contributed by atoms with van der Waals surface area (Å²) in [4.78, 5) is 0. The van der Waals surface area contributed by atoms with Gasteiger partial charge < -0.3 is 10.1 Å². The van der Waals surface area contributed by atoms with E-state index in [1.165, 1.54) is 44.1 Å². The van der Waals surface area contributed by atoms with Crippen molar-refractivity contribution >= 4 is 0 Å². The lowest BCUT2D eigenvalue weighted by molar-refractivity contribution is -0.0543. The highest BCUT2D eigenvalue weighted by Gasteiger charge is 2.38. The Morgan fingerprint density at radius 2 is 1.76 bits per heavy atom. The predicted octanol–water partition coefficient (Wildman–Crippen LogP) is 4.34. The average Bonchev–Trinajstić information content (AvgIpc) is 2.79. The molecule has 1 atom stereocenters. The van der Waals surface area contributed by atoms with Crippen molar-refractivity contribution in [1.82, 2.24) is 5.32 Å². The largest absolute Gasteiger partial charge is 0.377 e. The maximum absolute atomic E-state index is 6.10. The lowest BCUT2D eigenvalue weighted by atomic mass is 9.83. The van der Waals surface area contributed by atoms with Crippen LogP contribution in [-0.4, -0.2) is 25.3 Å². The van der Waals surface area contributed by atoms with Crippen LogP contribution in [0.4, 0.5) is 0 Å². The number of aryl methyl sites for hydroxylation is 1. The molecule has 2 nitrogen and oxygen atoms in total. The van der Waals surface area contributed by atoms with E-state index in [1.54, 1.807) is 0 Å². The third-order valence-corrected chi connectivity index (χ3v) is 5.01. The van der Waals surface area contributed by atoms with Crippen LogP contribution in [0.5, 0.6) is 0 Å². The van der Waals surface area contributed by atoms with E-state index in [2.05, 4.69) is 42.6 Å². The number of hydrogen-bond acceptors (Lipinski definition) is 2. The minimum absolute atomic E-state index is 0.0429. The van der Waals surface area contributed by atoms with Gasteiger partial charge >= 0.3 is 0 Å². The van der Waals surface area contributed by atoms with E-state index in [0.29, 0.717) is 6.04 Å². The van der Waals surface area contributed by atoms with Crippen molar-refractivity contribution in [2.75, 3.05) is 13.7 Å².